The zero-order valence-electron chi connectivity index (χ0n) is 13.8. The molecule has 20 heavy (non-hydrogen) atoms. The van der Waals surface area contributed by atoms with E-state index in [2.05, 4.69) is 44.9 Å². The van der Waals surface area contributed by atoms with E-state index in [4.69, 9.17) is 4.74 Å². The summed E-state index contributed by atoms with van der Waals surface area (Å²) < 4.78 is 5.54. The highest BCUT2D eigenvalue weighted by molar-refractivity contribution is 5.41. The average Bonchev–Trinajstić information content (AvgIpc) is 2.83. The van der Waals surface area contributed by atoms with Crippen molar-refractivity contribution < 1.29 is 4.74 Å². The van der Waals surface area contributed by atoms with E-state index in [1.165, 1.54) is 18.4 Å². The molecule has 0 radical (unpaired) electrons. The Labute approximate surface area is 123 Å². The third-order valence-corrected chi connectivity index (χ3v) is 4.90. The molecule has 2 rings (SSSR count). The number of hydrogen-bond donors (Lipinski definition) is 1. The van der Waals surface area contributed by atoms with Gasteiger partial charge in [0.1, 0.15) is 5.75 Å². The topological polar surface area (TPSA) is 34.1 Å². The number of pyridine rings is 1. The van der Waals surface area contributed by atoms with Gasteiger partial charge in [-0.25, -0.2) is 0 Å². The van der Waals surface area contributed by atoms with E-state index in [-0.39, 0.29) is 11.0 Å². The van der Waals surface area contributed by atoms with Crippen molar-refractivity contribution in [3.8, 4) is 5.75 Å². The van der Waals surface area contributed by atoms with Gasteiger partial charge >= 0.3 is 0 Å². The van der Waals surface area contributed by atoms with Gasteiger partial charge in [0.2, 0.25) is 0 Å². The Morgan fingerprint density at radius 2 is 2.05 bits per heavy atom. The maximum Gasteiger partial charge on any atom is 0.128 e. The summed E-state index contributed by atoms with van der Waals surface area (Å²) >= 11 is 0. The molecule has 1 N–H and O–H groups in total. The van der Waals surface area contributed by atoms with Crippen molar-refractivity contribution in [1.82, 2.24) is 10.3 Å². The van der Waals surface area contributed by atoms with Crippen LogP contribution in [0.5, 0.6) is 5.75 Å². The molecule has 1 aromatic heterocycles. The Balaban J connectivity index is 2.38. The number of ether oxygens (including phenoxy) is 1. The lowest BCUT2D eigenvalue weighted by molar-refractivity contribution is 0.158. The van der Waals surface area contributed by atoms with Crippen molar-refractivity contribution in [2.45, 2.75) is 59.4 Å². The van der Waals surface area contributed by atoms with Crippen molar-refractivity contribution >= 4 is 0 Å². The Hall–Kier alpha value is -1.09. The molecular formula is C17H28N2O. The molecule has 0 amide bonds. The van der Waals surface area contributed by atoms with Gasteiger partial charge < -0.3 is 10.1 Å². The third kappa shape index (κ3) is 2.56. The quantitative estimate of drug-likeness (QED) is 0.918. The van der Waals surface area contributed by atoms with Gasteiger partial charge in [-0.3, -0.25) is 4.98 Å². The van der Waals surface area contributed by atoms with Crippen LogP contribution in [-0.2, 0) is 6.42 Å². The number of rotatable bonds is 3. The van der Waals surface area contributed by atoms with Crippen LogP contribution >= 0.6 is 0 Å². The van der Waals surface area contributed by atoms with E-state index in [0.29, 0.717) is 0 Å². The Kier molecular flexibility index (Phi) is 4.10. The summed E-state index contributed by atoms with van der Waals surface area (Å²) in [4.78, 5) is 4.69. The van der Waals surface area contributed by atoms with Crippen LogP contribution in [0, 0.1) is 19.3 Å². The largest absolute Gasteiger partial charge is 0.496 e. The average molecular weight is 276 g/mol. The first-order chi connectivity index (χ1) is 9.31. The van der Waals surface area contributed by atoms with Crippen molar-refractivity contribution in [3.05, 3.63) is 23.0 Å². The number of methoxy groups -OCH3 is 1. The molecule has 0 spiro atoms. The van der Waals surface area contributed by atoms with Crippen molar-refractivity contribution in [2.24, 2.45) is 5.41 Å². The zero-order valence-corrected chi connectivity index (χ0v) is 13.8. The molecule has 0 aromatic carbocycles. The molecule has 1 unspecified atom stereocenters. The van der Waals surface area contributed by atoms with Crippen LogP contribution in [0.25, 0.3) is 0 Å². The summed E-state index contributed by atoms with van der Waals surface area (Å²) in [5.41, 5.74) is 3.82. The summed E-state index contributed by atoms with van der Waals surface area (Å²) in [6, 6.07) is 0. The summed E-state index contributed by atoms with van der Waals surface area (Å²) in [7, 11) is 1.74. The van der Waals surface area contributed by atoms with E-state index >= 15 is 0 Å². The molecule has 3 heteroatoms. The highest BCUT2D eigenvalue weighted by Gasteiger charge is 2.44. The van der Waals surface area contributed by atoms with E-state index in [1.807, 2.05) is 6.20 Å². The molecule has 2 heterocycles. The predicted octanol–water partition coefficient (Wildman–Crippen LogP) is 3.42. The minimum Gasteiger partial charge on any atom is -0.496 e. The van der Waals surface area contributed by atoms with Gasteiger partial charge in [0.05, 0.1) is 7.11 Å². The summed E-state index contributed by atoms with van der Waals surface area (Å²) in [5, 5.41) is 3.76. The number of hydrogen-bond acceptors (Lipinski definition) is 3. The minimum absolute atomic E-state index is 0.144. The Bertz CT molecular complexity index is 482. The maximum atomic E-state index is 5.54. The van der Waals surface area contributed by atoms with Crippen LogP contribution in [0.15, 0.2) is 6.20 Å². The molecule has 0 saturated carbocycles. The summed E-state index contributed by atoms with van der Waals surface area (Å²) in [6.45, 7) is 12.3. The van der Waals surface area contributed by atoms with Gasteiger partial charge in [0.25, 0.3) is 0 Å². The highest BCUT2D eigenvalue weighted by atomic mass is 16.5. The van der Waals surface area contributed by atoms with Crippen LogP contribution < -0.4 is 10.1 Å². The van der Waals surface area contributed by atoms with Crippen molar-refractivity contribution in [1.29, 1.82) is 0 Å². The highest BCUT2D eigenvalue weighted by Crippen LogP contribution is 2.40. The molecule has 1 aromatic rings. The van der Waals surface area contributed by atoms with Gasteiger partial charge in [0.15, 0.2) is 0 Å². The molecule has 1 atom stereocenters. The number of aryl methyl sites for hydroxylation is 1. The second-order valence-electron chi connectivity index (χ2n) is 7.09. The minimum atomic E-state index is 0.144. The molecule has 3 nitrogen and oxygen atoms in total. The van der Waals surface area contributed by atoms with E-state index in [9.17, 15) is 0 Å². The Morgan fingerprint density at radius 3 is 2.55 bits per heavy atom. The second kappa shape index (κ2) is 5.36. The number of nitrogens with zero attached hydrogens (tertiary/aromatic N) is 1. The molecular weight excluding hydrogens is 248 g/mol. The van der Waals surface area contributed by atoms with Crippen LogP contribution in [-0.4, -0.2) is 24.2 Å². The zero-order chi connectivity index (χ0) is 15.0. The van der Waals surface area contributed by atoms with Crippen LogP contribution in [0.2, 0.25) is 0 Å². The fourth-order valence-electron chi connectivity index (χ4n) is 3.40. The smallest absolute Gasteiger partial charge is 0.128 e. The first-order valence-electron chi connectivity index (χ1n) is 7.55. The molecule has 0 aliphatic carbocycles. The monoisotopic (exact) mass is 276 g/mol. The van der Waals surface area contributed by atoms with Crippen molar-refractivity contribution in [2.75, 3.05) is 13.7 Å². The molecule has 112 valence electrons. The van der Waals surface area contributed by atoms with E-state index in [1.54, 1.807) is 7.11 Å². The van der Waals surface area contributed by atoms with Crippen molar-refractivity contribution in [3.63, 3.8) is 0 Å². The lowest BCUT2D eigenvalue weighted by atomic mass is 9.69. The first-order valence-corrected chi connectivity index (χ1v) is 7.55. The molecule has 1 fully saturated rings. The number of nitrogens with one attached hydrogen (secondary N) is 1. The van der Waals surface area contributed by atoms with Crippen LogP contribution in [0.4, 0.5) is 0 Å². The lowest BCUT2D eigenvalue weighted by Crippen LogP contribution is -2.52. The number of aromatic nitrogens is 1. The fraction of sp³-hybridized carbons (Fsp3) is 0.706. The van der Waals surface area contributed by atoms with Gasteiger partial charge in [-0.15, -0.1) is 0 Å². The van der Waals surface area contributed by atoms with Gasteiger partial charge in [0, 0.05) is 35.0 Å². The first kappa shape index (κ1) is 15.3. The van der Waals surface area contributed by atoms with Gasteiger partial charge in [-0.1, -0.05) is 20.8 Å². The maximum absolute atomic E-state index is 5.54. The van der Waals surface area contributed by atoms with Gasteiger partial charge in [-0.05, 0) is 38.6 Å². The predicted molar refractivity (Wildman–Crippen MR) is 83.4 cm³/mol. The summed E-state index contributed by atoms with van der Waals surface area (Å²) in [5.74, 6) is 0.983. The Morgan fingerprint density at radius 1 is 1.35 bits per heavy atom. The van der Waals surface area contributed by atoms with Gasteiger partial charge in [-0.2, -0.15) is 0 Å². The normalized spacial score (nSPS) is 23.1. The lowest BCUT2D eigenvalue weighted by Gasteiger charge is -2.42. The van der Waals surface area contributed by atoms with E-state index in [0.717, 1.165) is 30.0 Å². The SMILES string of the molecule is COc1c(C)cnc(CC2(C(C)(C)C)CCCN2)c1C. The molecule has 1 aliphatic heterocycles. The third-order valence-electron chi connectivity index (χ3n) is 4.90. The summed E-state index contributed by atoms with van der Waals surface area (Å²) in [6.07, 6.45) is 5.37. The molecule has 1 saturated heterocycles. The molecule has 1 aliphatic rings. The second-order valence-corrected chi connectivity index (χ2v) is 7.09. The fourth-order valence-corrected chi connectivity index (χ4v) is 3.40. The van der Waals surface area contributed by atoms with Crippen LogP contribution in [0.1, 0.15) is 50.4 Å². The van der Waals surface area contributed by atoms with E-state index < -0.39 is 0 Å². The van der Waals surface area contributed by atoms with Crippen LogP contribution in [0.3, 0.4) is 0 Å². The molecule has 0 bridgehead atoms. The standard InChI is InChI=1S/C17H28N2O/c1-12-11-18-14(13(2)15(12)20-6)10-17(16(3,4)5)8-7-9-19-17/h11,19H,7-10H2,1-6H3.